The second kappa shape index (κ2) is 9.15. The fourth-order valence-electron chi connectivity index (χ4n) is 4.19. The van der Waals surface area contributed by atoms with Crippen molar-refractivity contribution >= 4 is 17.5 Å². The number of carbonyl (C=O) groups is 2. The number of amides is 2. The monoisotopic (exact) mass is 393 g/mol. The van der Waals surface area contributed by atoms with Crippen molar-refractivity contribution in [1.82, 2.24) is 20.5 Å². The summed E-state index contributed by atoms with van der Waals surface area (Å²) in [6, 6.07) is 15.7. The summed E-state index contributed by atoms with van der Waals surface area (Å²) < 4.78 is 0. The van der Waals surface area contributed by atoms with Gasteiger partial charge in [0.1, 0.15) is 0 Å². The molecule has 0 saturated carbocycles. The third-order valence-electron chi connectivity index (χ3n) is 5.68. The summed E-state index contributed by atoms with van der Waals surface area (Å²) >= 11 is 0. The van der Waals surface area contributed by atoms with E-state index in [2.05, 4.69) is 25.8 Å². The van der Waals surface area contributed by atoms with Gasteiger partial charge in [-0.25, -0.2) is 0 Å². The van der Waals surface area contributed by atoms with E-state index in [0.29, 0.717) is 19.5 Å². The molecule has 2 amide bonds. The maximum atomic E-state index is 12.3. The lowest BCUT2D eigenvalue weighted by molar-refractivity contribution is -0.129. The summed E-state index contributed by atoms with van der Waals surface area (Å²) in [5, 5.41) is 9.48. The van der Waals surface area contributed by atoms with Gasteiger partial charge in [0, 0.05) is 50.0 Å². The standard InChI is InChI=1S/C22H27N5O2/c28-21(26-16-6-2-1-3-7-16)10-9-19-14-25-22(29)20-12-18(15-27(19)20)24-13-17-8-4-5-11-23-17/h1-8,11,18-20,24H,9-10,12-15H2,(H,25,29)(H,26,28)/t18-,19+,20-/m0/s1. The van der Waals surface area contributed by atoms with Gasteiger partial charge in [-0.3, -0.25) is 19.5 Å². The lowest BCUT2D eigenvalue weighted by Crippen LogP contribution is -2.57. The van der Waals surface area contributed by atoms with Gasteiger partial charge in [0.15, 0.2) is 0 Å². The average molecular weight is 393 g/mol. The molecular formula is C22H27N5O2. The molecule has 2 aliphatic rings. The highest BCUT2D eigenvalue weighted by Crippen LogP contribution is 2.26. The number of piperazine rings is 1. The fourth-order valence-corrected chi connectivity index (χ4v) is 4.19. The smallest absolute Gasteiger partial charge is 0.237 e. The summed E-state index contributed by atoms with van der Waals surface area (Å²) in [5.74, 6) is 0.103. The number of rotatable bonds is 7. The van der Waals surface area contributed by atoms with Gasteiger partial charge in [-0.15, -0.1) is 0 Å². The van der Waals surface area contributed by atoms with Gasteiger partial charge in [-0.1, -0.05) is 24.3 Å². The van der Waals surface area contributed by atoms with Gasteiger partial charge >= 0.3 is 0 Å². The predicted molar refractivity (Wildman–Crippen MR) is 111 cm³/mol. The minimum atomic E-state index is -0.118. The number of fused-ring (bicyclic) bond motifs is 1. The molecule has 2 aromatic rings. The number of nitrogens with zero attached hydrogens (tertiary/aromatic N) is 2. The molecule has 3 atom stereocenters. The first kappa shape index (κ1) is 19.5. The normalized spacial score (nSPS) is 24.0. The van der Waals surface area contributed by atoms with Crippen molar-refractivity contribution in [2.45, 2.75) is 43.9 Å². The van der Waals surface area contributed by atoms with Crippen LogP contribution in [0.3, 0.4) is 0 Å². The maximum absolute atomic E-state index is 12.3. The molecule has 0 bridgehead atoms. The Balaban J connectivity index is 1.29. The Morgan fingerprint density at radius 1 is 1.17 bits per heavy atom. The zero-order valence-corrected chi connectivity index (χ0v) is 16.4. The molecule has 3 N–H and O–H groups in total. The Morgan fingerprint density at radius 2 is 2.00 bits per heavy atom. The molecule has 0 radical (unpaired) electrons. The van der Waals surface area contributed by atoms with Crippen LogP contribution in [-0.2, 0) is 16.1 Å². The van der Waals surface area contributed by atoms with Crippen LogP contribution in [0.15, 0.2) is 54.7 Å². The van der Waals surface area contributed by atoms with Crippen molar-refractivity contribution in [3.63, 3.8) is 0 Å². The van der Waals surface area contributed by atoms with Gasteiger partial charge in [0.25, 0.3) is 0 Å². The Bertz CT molecular complexity index is 830. The number of carbonyl (C=O) groups excluding carboxylic acids is 2. The van der Waals surface area contributed by atoms with Crippen molar-refractivity contribution in [2.24, 2.45) is 0 Å². The van der Waals surface area contributed by atoms with E-state index in [9.17, 15) is 9.59 Å². The largest absolute Gasteiger partial charge is 0.353 e. The molecule has 2 saturated heterocycles. The summed E-state index contributed by atoms with van der Waals surface area (Å²) in [6.45, 7) is 2.11. The minimum Gasteiger partial charge on any atom is -0.353 e. The van der Waals surface area contributed by atoms with Crippen molar-refractivity contribution in [2.75, 3.05) is 18.4 Å². The van der Waals surface area contributed by atoms with Crippen molar-refractivity contribution < 1.29 is 9.59 Å². The van der Waals surface area contributed by atoms with Crippen LogP contribution in [0.25, 0.3) is 0 Å². The van der Waals surface area contributed by atoms with E-state index >= 15 is 0 Å². The summed E-state index contributed by atoms with van der Waals surface area (Å²) in [5.41, 5.74) is 1.81. The number of hydrogen-bond acceptors (Lipinski definition) is 5. The third-order valence-corrected chi connectivity index (χ3v) is 5.68. The number of benzene rings is 1. The van der Waals surface area contributed by atoms with Crippen LogP contribution >= 0.6 is 0 Å². The second-order valence-electron chi connectivity index (χ2n) is 7.70. The van der Waals surface area contributed by atoms with Gasteiger partial charge in [0.05, 0.1) is 11.7 Å². The van der Waals surface area contributed by atoms with Gasteiger partial charge in [0.2, 0.25) is 11.8 Å². The zero-order chi connectivity index (χ0) is 20.1. The topological polar surface area (TPSA) is 86.4 Å². The molecule has 4 rings (SSSR count). The minimum absolute atomic E-state index is 0.00803. The first-order valence-electron chi connectivity index (χ1n) is 10.2. The number of nitrogens with one attached hydrogen (secondary N) is 3. The molecule has 152 valence electrons. The van der Waals surface area contributed by atoms with E-state index in [4.69, 9.17) is 0 Å². The highest BCUT2D eigenvalue weighted by atomic mass is 16.2. The number of pyridine rings is 1. The molecule has 1 aromatic heterocycles. The van der Waals surface area contributed by atoms with Gasteiger partial charge in [-0.2, -0.15) is 0 Å². The fraction of sp³-hybridized carbons (Fsp3) is 0.409. The lowest BCUT2D eigenvalue weighted by atomic mass is 10.0. The molecule has 7 heteroatoms. The summed E-state index contributed by atoms with van der Waals surface area (Å²) in [6.07, 6.45) is 3.73. The predicted octanol–water partition coefficient (Wildman–Crippen LogP) is 1.53. The zero-order valence-electron chi connectivity index (χ0n) is 16.4. The van der Waals surface area contributed by atoms with E-state index in [1.54, 1.807) is 6.20 Å². The van der Waals surface area contributed by atoms with E-state index in [-0.39, 0.29) is 29.9 Å². The quantitative estimate of drug-likeness (QED) is 0.664. The van der Waals surface area contributed by atoms with Crippen LogP contribution < -0.4 is 16.0 Å². The third kappa shape index (κ3) is 4.99. The molecule has 29 heavy (non-hydrogen) atoms. The van der Waals surface area contributed by atoms with Crippen molar-refractivity contribution in [3.8, 4) is 0 Å². The molecular weight excluding hydrogens is 366 g/mol. The van der Waals surface area contributed by atoms with Crippen LogP contribution in [0.5, 0.6) is 0 Å². The molecule has 2 fully saturated rings. The van der Waals surface area contributed by atoms with Crippen LogP contribution in [0.2, 0.25) is 0 Å². The van der Waals surface area contributed by atoms with Gasteiger partial charge < -0.3 is 16.0 Å². The number of para-hydroxylation sites is 1. The van der Waals surface area contributed by atoms with E-state index in [1.807, 2.05) is 48.5 Å². The van der Waals surface area contributed by atoms with E-state index < -0.39 is 0 Å². The van der Waals surface area contributed by atoms with Crippen LogP contribution in [-0.4, -0.2) is 52.9 Å². The van der Waals surface area contributed by atoms with E-state index in [0.717, 1.165) is 30.8 Å². The first-order valence-corrected chi connectivity index (χ1v) is 10.2. The van der Waals surface area contributed by atoms with Crippen LogP contribution in [0.1, 0.15) is 25.0 Å². The average Bonchev–Trinajstić information content (AvgIpc) is 3.19. The number of aromatic nitrogens is 1. The molecule has 0 spiro atoms. The Hall–Kier alpha value is -2.77. The van der Waals surface area contributed by atoms with E-state index in [1.165, 1.54) is 0 Å². The molecule has 3 heterocycles. The van der Waals surface area contributed by atoms with Crippen molar-refractivity contribution in [1.29, 1.82) is 0 Å². The Morgan fingerprint density at radius 3 is 2.79 bits per heavy atom. The molecule has 7 nitrogen and oxygen atoms in total. The number of hydrogen-bond donors (Lipinski definition) is 3. The summed E-state index contributed by atoms with van der Waals surface area (Å²) in [7, 11) is 0. The first-order chi connectivity index (χ1) is 14.2. The SMILES string of the molecule is O=C(CC[C@@H]1CNC(=O)[C@@H]2C[C@H](NCc3ccccn3)CN12)Nc1ccccc1. The van der Waals surface area contributed by atoms with Crippen LogP contribution in [0.4, 0.5) is 5.69 Å². The Labute approximate surface area is 170 Å². The molecule has 0 aliphatic carbocycles. The summed E-state index contributed by atoms with van der Waals surface area (Å²) in [4.78, 5) is 31.3. The number of anilines is 1. The maximum Gasteiger partial charge on any atom is 0.237 e. The van der Waals surface area contributed by atoms with Crippen LogP contribution in [0, 0.1) is 0 Å². The molecule has 0 unspecified atom stereocenters. The van der Waals surface area contributed by atoms with Crippen molar-refractivity contribution in [3.05, 3.63) is 60.4 Å². The Kier molecular flexibility index (Phi) is 6.17. The highest BCUT2D eigenvalue weighted by molar-refractivity contribution is 5.90. The lowest BCUT2D eigenvalue weighted by Gasteiger charge is -2.37. The van der Waals surface area contributed by atoms with Gasteiger partial charge in [-0.05, 0) is 37.1 Å². The highest BCUT2D eigenvalue weighted by Gasteiger charge is 2.43. The molecule has 2 aliphatic heterocycles. The molecule has 1 aromatic carbocycles. The second-order valence-corrected chi connectivity index (χ2v) is 7.70.